The minimum atomic E-state index is -1.50. The summed E-state index contributed by atoms with van der Waals surface area (Å²) in [7, 11) is 3.61. The number of pyridine rings is 1. The third kappa shape index (κ3) is 4.66. The van der Waals surface area contributed by atoms with Crippen molar-refractivity contribution in [3.8, 4) is 11.1 Å². The first-order valence-corrected chi connectivity index (χ1v) is 12.8. The highest BCUT2D eigenvalue weighted by molar-refractivity contribution is 6.30. The molecule has 38 heavy (non-hydrogen) atoms. The molecule has 2 aromatic heterocycles. The average Bonchev–Trinajstić information content (AvgIpc) is 3.37. The lowest BCUT2D eigenvalue weighted by atomic mass is 9.82. The summed E-state index contributed by atoms with van der Waals surface area (Å²) in [6, 6.07) is 22.6. The fourth-order valence-electron chi connectivity index (χ4n) is 4.95. The summed E-state index contributed by atoms with van der Waals surface area (Å²) in [5.41, 5.74) is 9.38. The van der Waals surface area contributed by atoms with Crippen LogP contribution in [0.15, 0.2) is 90.1 Å². The molecule has 3 aromatic carbocycles. The second-order valence-corrected chi connectivity index (χ2v) is 9.90. The molecule has 4 N–H and O–H groups in total. The number of nitrogens with two attached hydrogens (primary N) is 1. The molecular weight excluding hydrogens is 498 g/mol. The lowest BCUT2D eigenvalue weighted by molar-refractivity contribution is 0.117. The summed E-state index contributed by atoms with van der Waals surface area (Å²) >= 11 is 6.29. The SMILES string of the molecule is Cn1cncc1C(O)(c1ccc(CNCCN)cc1)c1ccc2c(c1)c(-c1cccc(Cl)c1)cc(=O)n2C. The van der Waals surface area contributed by atoms with Crippen LogP contribution < -0.4 is 16.6 Å². The van der Waals surface area contributed by atoms with Gasteiger partial charge in [-0.05, 0) is 52.1 Å². The van der Waals surface area contributed by atoms with Gasteiger partial charge >= 0.3 is 0 Å². The quantitative estimate of drug-likeness (QED) is 0.266. The number of fused-ring (bicyclic) bond motifs is 1. The largest absolute Gasteiger partial charge is 0.374 e. The van der Waals surface area contributed by atoms with Crippen LogP contribution in [0.1, 0.15) is 22.4 Å². The van der Waals surface area contributed by atoms with Gasteiger partial charge < -0.3 is 25.3 Å². The van der Waals surface area contributed by atoms with Crippen molar-refractivity contribution < 1.29 is 5.11 Å². The number of rotatable bonds is 8. The Kier molecular flexibility index (Phi) is 7.19. The minimum Gasteiger partial charge on any atom is -0.374 e. The molecule has 0 saturated heterocycles. The summed E-state index contributed by atoms with van der Waals surface area (Å²) in [6.45, 7) is 1.99. The van der Waals surface area contributed by atoms with E-state index in [-0.39, 0.29) is 5.56 Å². The van der Waals surface area contributed by atoms with Crippen LogP contribution >= 0.6 is 11.6 Å². The number of imidazole rings is 1. The lowest BCUT2D eigenvalue weighted by Crippen LogP contribution is -2.31. The Morgan fingerprint density at radius 3 is 2.47 bits per heavy atom. The van der Waals surface area contributed by atoms with Crippen molar-refractivity contribution in [3.63, 3.8) is 0 Å². The molecule has 2 heterocycles. The molecule has 0 amide bonds. The van der Waals surface area contributed by atoms with Crippen LogP contribution in [0.3, 0.4) is 0 Å². The van der Waals surface area contributed by atoms with Crippen LogP contribution in [0, 0.1) is 0 Å². The molecule has 0 spiro atoms. The Hall–Kier alpha value is -3.75. The van der Waals surface area contributed by atoms with Gasteiger partial charge in [-0.3, -0.25) is 4.79 Å². The average molecular weight is 528 g/mol. The number of hydrogen-bond acceptors (Lipinski definition) is 5. The van der Waals surface area contributed by atoms with Crippen molar-refractivity contribution in [2.75, 3.05) is 13.1 Å². The Balaban J connectivity index is 1.72. The molecule has 194 valence electrons. The van der Waals surface area contributed by atoms with Crippen molar-refractivity contribution in [3.05, 3.63) is 123 Å². The zero-order valence-electron chi connectivity index (χ0n) is 21.4. The molecule has 0 bridgehead atoms. The summed E-state index contributed by atoms with van der Waals surface area (Å²) in [5.74, 6) is 0. The molecule has 7 nitrogen and oxygen atoms in total. The van der Waals surface area contributed by atoms with Crippen LogP contribution in [0.4, 0.5) is 0 Å². The molecule has 1 atom stereocenters. The minimum absolute atomic E-state index is 0.124. The summed E-state index contributed by atoms with van der Waals surface area (Å²) in [6.07, 6.45) is 3.35. The third-order valence-corrected chi connectivity index (χ3v) is 7.24. The number of benzene rings is 3. The van der Waals surface area contributed by atoms with Gasteiger partial charge in [0.05, 0.1) is 23.7 Å². The van der Waals surface area contributed by atoms with Gasteiger partial charge in [0, 0.05) is 50.2 Å². The highest BCUT2D eigenvalue weighted by atomic mass is 35.5. The number of aliphatic hydroxyl groups is 1. The van der Waals surface area contributed by atoms with Crippen molar-refractivity contribution in [2.45, 2.75) is 12.1 Å². The van der Waals surface area contributed by atoms with E-state index in [1.54, 1.807) is 36.3 Å². The molecule has 0 aliphatic carbocycles. The maximum absolute atomic E-state index is 12.8. The van der Waals surface area contributed by atoms with E-state index in [2.05, 4.69) is 10.3 Å². The molecule has 0 fully saturated rings. The van der Waals surface area contributed by atoms with Gasteiger partial charge in [-0.15, -0.1) is 0 Å². The van der Waals surface area contributed by atoms with E-state index in [9.17, 15) is 9.90 Å². The van der Waals surface area contributed by atoms with Crippen molar-refractivity contribution >= 4 is 22.5 Å². The van der Waals surface area contributed by atoms with Crippen LogP contribution in [-0.4, -0.2) is 32.3 Å². The second kappa shape index (κ2) is 10.6. The maximum Gasteiger partial charge on any atom is 0.251 e. The molecule has 5 aromatic rings. The number of nitrogens with zero attached hydrogens (tertiary/aromatic N) is 3. The molecule has 0 aliphatic heterocycles. The molecule has 0 radical (unpaired) electrons. The summed E-state index contributed by atoms with van der Waals surface area (Å²) < 4.78 is 3.43. The van der Waals surface area contributed by atoms with Crippen molar-refractivity contribution in [1.29, 1.82) is 0 Å². The molecule has 1 unspecified atom stereocenters. The zero-order chi connectivity index (χ0) is 26.9. The molecular formula is C30H30ClN5O2. The van der Waals surface area contributed by atoms with E-state index < -0.39 is 5.60 Å². The second-order valence-electron chi connectivity index (χ2n) is 9.46. The topological polar surface area (TPSA) is 98.1 Å². The Morgan fingerprint density at radius 2 is 1.79 bits per heavy atom. The predicted molar refractivity (Wildman–Crippen MR) is 152 cm³/mol. The fraction of sp³-hybridized carbons (Fsp3) is 0.200. The van der Waals surface area contributed by atoms with Gasteiger partial charge in [0.2, 0.25) is 0 Å². The standard InChI is InChI=1S/C30H30ClN5O2/c1-35-19-34-18-28(35)30(38,22-8-6-20(7-9-22)17-33-13-12-32)23-10-11-27-26(15-23)25(16-29(37)36(27)2)21-4-3-5-24(31)14-21/h3-11,14-16,18-19,33,38H,12-13,17,32H2,1-2H3. The monoisotopic (exact) mass is 527 g/mol. The van der Waals surface area contributed by atoms with E-state index >= 15 is 0 Å². The highest BCUT2D eigenvalue weighted by Gasteiger charge is 2.37. The van der Waals surface area contributed by atoms with E-state index in [4.69, 9.17) is 17.3 Å². The first-order valence-electron chi connectivity index (χ1n) is 12.4. The Bertz CT molecular complexity index is 1660. The number of aryl methyl sites for hydroxylation is 2. The van der Waals surface area contributed by atoms with E-state index in [1.165, 1.54) is 0 Å². The third-order valence-electron chi connectivity index (χ3n) is 7.01. The fourth-order valence-corrected chi connectivity index (χ4v) is 5.14. The Morgan fingerprint density at radius 1 is 1.03 bits per heavy atom. The normalized spacial score (nSPS) is 13.1. The number of halogens is 1. The smallest absolute Gasteiger partial charge is 0.251 e. The summed E-state index contributed by atoms with van der Waals surface area (Å²) in [5, 5.41) is 17.2. The predicted octanol–water partition coefficient (Wildman–Crippen LogP) is 3.92. The highest BCUT2D eigenvalue weighted by Crippen LogP contribution is 2.39. The van der Waals surface area contributed by atoms with Crippen LogP contribution in [-0.2, 0) is 26.2 Å². The van der Waals surface area contributed by atoms with Gasteiger partial charge in [0.1, 0.15) is 0 Å². The number of nitrogens with one attached hydrogen (secondary N) is 1. The van der Waals surface area contributed by atoms with Crippen LogP contribution in [0.5, 0.6) is 0 Å². The van der Waals surface area contributed by atoms with Gasteiger partial charge in [-0.1, -0.05) is 54.1 Å². The first-order chi connectivity index (χ1) is 18.3. The van der Waals surface area contributed by atoms with Gasteiger partial charge in [0.25, 0.3) is 5.56 Å². The Labute approximate surface area is 226 Å². The van der Waals surface area contributed by atoms with Crippen LogP contribution in [0.25, 0.3) is 22.0 Å². The van der Waals surface area contributed by atoms with Crippen LogP contribution in [0.2, 0.25) is 5.02 Å². The van der Waals surface area contributed by atoms with E-state index in [0.717, 1.165) is 34.1 Å². The van der Waals surface area contributed by atoms with Crippen molar-refractivity contribution in [2.24, 2.45) is 19.8 Å². The van der Waals surface area contributed by atoms with Gasteiger partial charge in [0.15, 0.2) is 5.60 Å². The first kappa shape index (κ1) is 25.9. The van der Waals surface area contributed by atoms with Gasteiger partial charge in [-0.25, -0.2) is 4.98 Å². The molecule has 0 aliphatic rings. The van der Waals surface area contributed by atoms with Gasteiger partial charge in [-0.2, -0.15) is 0 Å². The number of hydrogen-bond donors (Lipinski definition) is 3. The molecule has 5 rings (SSSR count). The molecule has 0 saturated carbocycles. The lowest BCUT2D eigenvalue weighted by Gasteiger charge is -2.30. The van der Waals surface area contributed by atoms with Crippen molar-refractivity contribution in [1.82, 2.24) is 19.4 Å². The number of aromatic nitrogens is 3. The zero-order valence-corrected chi connectivity index (χ0v) is 22.1. The summed E-state index contributed by atoms with van der Waals surface area (Å²) in [4.78, 5) is 17.1. The van der Waals surface area contributed by atoms with E-state index in [0.29, 0.717) is 34.9 Å². The maximum atomic E-state index is 12.8. The van der Waals surface area contributed by atoms with E-state index in [1.807, 2.05) is 72.3 Å². The molecule has 8 heteroatoms.